The van der Waals surface area contributed by atoms with Gasteiger partial charge in [0.05, 0.1) is 18.5 Å². The third kappa shape index (κ3) is 3.50. The number of esters is 1. The zero-order chi connectivity index (χ0) is 16.9. The Balaban J connectivity index is 1.74. The lowest BCUT2D eigenvalue weighted by Crippen LogP contribution is -2.01. The van der Waals surface area contributed by atoms with E-state index >= 15 is 0 Å². The van der Waals surface area contributed by atoms with Gasteiger partial charge in [-0.15, -0.1) is 0 Å². The SMILES string of the molecule is COC(=O)CCCC=Cc1nn(-c2ccc(N)cc2)c2c1CCC2. The van der Waals surface area contributed by atoms with Crippen LogP contribution in [0.1, 0.15) is 42.6 Å². The molecule has 0 bridgehead atoms. The number of hydrogen-bond donors (Lipinski definition) is 1. The van der Waals surface area contributed by atoms with E-state index in [1.54, 1.807) is 0 Å². The summed E-state index contributed by atoms with van der Waals surface area (Å²) in [5.74, 6) is -0.156. The monoisotopic (exact) mass is 325 g/mol. The highest BCUT2D eigenvalue weighted by molar-refractivity contribution is 5.69. The Morgan fingerprint density at radius 2 is 2.12 bits per heavy atom. The summed E-state index contributed by atoms with van der Waals surface area (Å²) in [4.78, 5) is 11.1. The zero-order valence-corrected chi connectivity index (χ0v) is 14.0. The standard InChI is InChI=1S/C19H23N3O2/c1-24-19(23)9-4-2-3-7-17-16-6-5-8-18(16)22(21-17)15-12-10-14(20)11-13-15/h3,7,10-13H,2,4-6,8-9,20H2,1H3. The van der Waals surface area contributed by atoms with Crippen molar-refractivity contribution in [1.29, 1.82) is 0 Å². The molecule has 24 heavy (non-hydrogen) atoms. The topological polar surface area (TPSA) is 70.1 Å². The number of unbranched alkanes of at least 4 members (excludes halogenated alkanes) is 1. The van der Waals surface area contributed by atoms with Crippen molar-refractivity contribution in [2.75, 3.05) is 12.8 Å². The second kappa shape index (κ2) is 7.34. The molecular weight excluding hydrogens is 302 g/mol. The molecule has 0 saturated heterocycles. The minimum Gasteiger partial charge on any atom is -0.469 e. The molecule has 1 aromatic carbocycles. The van der Waals surface area contributed by atoms with Crippen molar-refractivity contribution in [2.45, 2.75) is 38.5 Å². The summed E-state index contributed by atoms with van der Waals surface area (Å²) in [7, 11) is 1.42. The quantitative estimate of drug-likeness (QED) is 0.502. The van der Waals surface area contributed by atoms with Crippen molar-refractivity contribution in [1.82, 2.24) is 9.78 Å². The smallest absolute Gasteiger partial charge is 0.305 e. The van der Waals surface area contributed by atoms with Crippen LogP contribution in [0.25, 0.3) is 11.8 Å². The number of rotatable bonds is 6. The first-order chi connectivity index (χ1) is 11.7. The van der Waals surface area contributed by atoms with E-state index in [4.69, 9.17) is 10.8 Å². The molecule has 0 aliphatic heterocycles. The summed E-state index contributed by atoms with van der Waals surface area (Å²) in [5, 5.41) is 4.78. The first kappa shape index (κ1) is 16.3. The number of nitrogens with two attached hydrogens (primary N) is 1. The van der Waals surface area contributed by atoms with Gasteiger partial charge < -0.3 is 10.5 Å². The molecule has 2 N–H and O–H groups in total. The number of carbonyl (C=O) groups excluding carboxylic acids is 1. The van der Waals surface area contributed by atoms with E-state index in [9.17, 15) is 4.79 Å². The number of benzene rings is 1. The van der Waals surface area contributed by atoms with Gasteiger partial charge in [0.2, 0.25) is 0 Å². The zero-order valence-electron chi connectivity index (χ0n) is 14.0. The second-order valence-corrected chi connectivity index (χ2v) is 6.04. The number of aromatic nitrogens is 2. The van der Waals surface area contributed by atoms with Gasteiger partial charge in [-0.1, -0.05) is 6.08 Å². The van der Waals surface area contributed by atoms with Gasteiger partial charge in [-0.25, -0.2) is 4.68 Å². The van der Waals surface area contributed by atoms with E-state index < -0.39 is 0 Å². The molecule has 0 saturated carbocycles. The van der Waals surface area contributed by atoms with E-state index in [1.165, 1.54) is 24.8 Å². The lowest BCUT2D eigenvalue weighted by Gasteiger charge is -2.05. The summed E-state index contributed by atoms with van der Waals surface area (Å²) in [6.45, 7) is 0. The molecule has 0 radical (unpaired) electrons. The fourth-order valence-electron chi connectivity index (χ4n) is 3.09. The minimum absolute atomic E-state index is 0.156. The fourth-order valence-corrected chi connectivity index (χ4v) is 3.09. The molecule has 3 rings (SSSR count). The van der Waals surface area contributed by atoms with E-state index in [0.717, 1.165) is 42.8 Å². The highest BCUT2D eigenvalue weighted by atomic mass is 16.5. The third-order valence-electron chi connectivity index (χ3n) is 4.35. The molecule has 5 nitrogen and oxygen atoms in total. The van der Waals surface area contributed by atoms with Crippen LogP contribution in [0.15, 0.2) is 30.3 Å². The second-order valence-electron chi connectivity index (χ2n) is 6.04. The maximum Gasteiger partial charge on any atom is 0.305 e. The summed E-state index contributed by atoms with van der Waals surface area (Å²) in [6, 6.07) is 7.82. The number of ether oxygens (including phenoxy) is 1. The normalized spacial score (nSPS) is 13.4. The molecule has 1 aromatic heterocycles. The number of carbonyl (C=O) groups is 1. The number of hydrogen-bond acceptors (Lipinski definition) is 4. The van der Waals surface area contributed by atoms with E-state index in [0.29, 0.717) is 6.42 Å². The number of fused-ring (bicyclic) bond motifs is 1. The molecule has 0 unspecified atom stereocenters. The van der Waals surface area contributed by atoms with Crippen molar-refractivity contribution in [3.8, 4) is 5.69 Å². The molecular formula is C19H23N3O2. The van der Waals surface area contributed by atoms with Gasteiger partial charge in [0.1, 0.15) is 0 Å². The molecule has 5 heteroatoms. The van der Waals surface area contributed by atoms with Crippen LogP contribution in [-0.2, 0) is 22.4 Å². The summed E-state index contributed by atoms with van der Waals surface area (Å²) >= 11 is 0. The Morgan fingerprint density at radius 3 is 2.88 bits per heavy atom. The Bertz CT molecular complexity index is 745. The summed E-state index contributed by atoms with van der Waals surface area (Å²) in [5.41, 5.74) is 11.3. The lowest BCUT2D eigenvalue weighted by molar-refractivity contribution is -0.140. The van der Waals surface area contributed by atoms with Crippen molar-refractivity contribution in [3.63, 3.8) is 0 Å². The lowest BCUT2D eigenvalue weighted by atomic mass is 10.1. The van der Waals surface area contributed by atoms with Gasteiger partial charge in [0.25, 0.3) is 0 Å². The van der Waals surface area contributed by atoms with Crippen molar-refractivity contribution < 1.29 is 9.53 Å². The van der Waals surface area contributed by atoms with E-state index in [2.05, 4.69) is 16.9 Å². The van der Waals surface area contributed by atoms with E-state index in [1.807, 2.05) is 28.9 Å². The highest BCUT2D eigenvalue weighted by Gasteiger charge is 2.21. The van der Waals surface area contributed by atoms with Crippen LogP contribution in [0.4, 0.5) is 5.69 Å². The van der Waals surface area contributed by atoms with Crippen LogP contribution >= 0.6 is 0 Å². The third-order valence-corrected chi connectivity index (χ3v) is 4.35. The highest BCUT2D eigenvalue weighted by Crippen LogP contribution is 2.28. The maximum absolute atomic E-state index is 11.1. The number of nitrogens with zero attached hydrogens (tertiary/aromatic N) is 2. The molecule has 126 valence electrons. The van der Waals surface area contributed by atoms with Crippen LogP contribution < -0.4 is 5.73 Å². The molecule has 0 spiro atoms. The van der Waals surface area contributed by atoms with Gasteiger partial charge in [0.15, 0.2) is 0 Å². The predicted octanol–water partition coefficient (Wildman–Crippen LogP) is 3.30. The van der Waals surface area contributed by atoms with Crippen LogP contribution in [0, 0.1) is 0 Å². The van der Waals surface area contributed by atoms with Gasteiger partial charge >= 0.3 is 5.97 Å². The Morgan fingerprint density at radius 1 is 1.33 bits per heavy atom. The van der Waals surface area contributed by atoms with Gasteiger partial charge in [0, 0.05) is 23.4 Å². The largest absolute Gasteiger partial charge is 0.469 e. The van der Waals surface area contributed by atoms with Crippen molar-refractivity contribution >= 4 is 17.7 Å². The number of anilines is 1. The molecule has 1 aliphatic rings. The van der Waals surface area contributed by atoms with Crippen LogP contribution in [-0.4, -0.2) is 22.9 Å². The first-order valence-corrected chi connectivity index (χ1v) is 8.39. The van der Waals surface area contributed by atoms with Crippen LogP contribution in [0.3, 0.4) is 0 Å². The molecule has 0 fully saturated rings. The average molecular weight is 325 g/mol. The van der Waals surface area contributed by atoms with Crippen LogP contribution in [0.5, 0.6) is 0 Å². The summed E-state index contributed by atoms with van der Waals surface area (Å²) in [6.07, 6.45) is 9.58. The Labute approximate surface area is 142 Å². The molecule has 1 heterocycles. The Kier molecular flexibility index (Phi) is 4.99. The van der Waals surface area contributed by atoms with Gasteiger partial charge in [-0.2, -0.15) is 5.10 Å². The number of allylic oxidation sites excluding steroid dienone is 1. The van der Waals surface area contributed by atoms with Gasteiger partial charge in [-0.05, 0) is 62.4 Å². The van der Waals surface area contributed by atoms with Crippen molar-refractivity contribution in [2.24, 2.45) is 0 Å². The Hall–Kier alpha value is -2.56. The average Bonchev–Trinajstić information content (AvgIpc) is 3.18. The minimum atomic E-state index is -0.156. The number of nitrogen functional groups attached to an aromatic ring is 1. The van der Waals surface area contributed by atoms with Crippen molar-refractivity contribution in [3.05, 3.63) is 47.3 Å². The summed E-state index contributed by atoms with van der Waals surface area (Å²) < 4.78 is 6.69. The molecule has 2 aromatic rings. The van der Waals surface area contributed by atoms with Gasteiger partial charge in [-0.3, -0.25) is 4.79 Å². The molecule has 1 aliphatic carbocycles. The van der Waals surface area contributed by atoms with E-state index in [-0.39, 0.29) is 5.97 Å². The predicted molar refractivity (Wildman–Crippen MR) is 94.9 cm³/mol. The maximum atomic E-state index is 11.1. The number of methoxy groups -OCH3 is 1. The van der Waals surface area contributed by atoms with Crippen LogP contribution in [0.2, 0.25) is 0 Å². The fraction of sp³-hybridized carbons (Fsp3) is 0.368. The molecule has 0 atom stereocenters. The molecule has 0 amide bonds. The first-order valence-electron chi connectivity index (χ1n) is 8.39.